The Morgan fingerprint density at radius 1 is 1.30 bits per heavy atom. The van der Waals surface area contributed by atoms with E-state index >= 15 is 0 Å². The molecular formula is C15H14ClN3O. The van der Waals surface area contributed by atoms with Gasteiger partial charge in [0.15, 0.2) is 6.29 Å². The number of aryl methyl sites for hydroxylation is 3. The number of carbonyl (C=O) groups is 1. The predicted molar refractivity (Wildman–Crippen MR) is 79.3 cm³/mol. The Morgan fingerprint density at radius 2 is 2.10 bits per heavy atom. The topological polar surface area (TPSA) is 39.8 Å². The second kappa shape index (κ2) is 5.13. The van der Waals surface area contributed by atoms with Crippen LogP contribution in [0.1, 0.15) is 16.2 Å². The number of halogens is 1. The van der Waals surface area contributed by atoms with Gasteiger partial charge in [0.25, 0.3) is 0 Å². The van der Waals surface area contributed by atoms with Gasteiger partial charge >= 0.3 is 0 Å². The number of fused-ring (bicyclic) bond motifs is 1. The molecule has 0 aliphatic heterocycles. The van der Waals surface area contributed by atoms with Crippen LogP contribution in [-0.4, -0.2) is 20.4 Å². The third-order valence-corrected chi connectivity index (χ3v) is 3.74. The van der Waals surface area contributed by atoms with Crippen molar-refractivity contribution in [3.63, 3.8) is 0 Å². The molecule has 0 aliphatic carbocycles. The summed E-state index contributed by atoms with van der Waals surface area (Å²) in [6.45, 7) is 3.55. The van der Waals surface area contributed by atoms with Gasteiger partial charge in [0.2, 0.25) is 0 Å². The van der Waals surface area contributed by atoms with Gasteiger partial charge in [0.1, 0.15) is 5.82 Å². The molecule has 0 bridgehead atoms. The monoisotopic (exact) mass is 287 g/mol. The molecule has 0 amide bonds. The summed E-state index contributed by atoms with van der Waals surface area (Å²) in [7, 11) is 0. The van der Waals surface area contributed by atoms with E-state index in [-0.39, 0.29) is 0 Å². The van der Waals surface area contributed by atoms with E-state index in [0.29, 0.717) is 10.6 Å². The summed E-state index contributed by atoms with van der Waals surface area (Å²) < 4.78 is 4.14. The molecule has 102 valence electrons. The molecule has 2 aromatic heterocycles. The lowest BCUT2D eigenvalue weighted by atomic mass is 10.2. The fraction of sp³-hybridized carbons (Fsp3) is 0.200. The maximum Gasteiger partial charge on any atom is 0.152 e. The summed E-state index contributed by atoms with van der Waals surface area (Å²) in [5, 5.41) is 1.61. The van der Waals surface area contributed by atoms with Gasteiger partial charge in [-0.2, -0.15) is 0 Å². The minimum atomic E-state index is 0.674. The number of imidazole rings is 1. The number of nitrogens with zero attached hydrogens (tertiary/aromatic N) is 3. The Morgan fingerprint density at radius 3 is 2.80 bits per heavy atom. The Hall–Kier alpha value is -2.07. The predicted octanol–water partition coefficient (Wildman–Crippen LogP) is 3.31. The van der Waals surface area contributed by atoms with Crippen LogP contribution in [0, 0.1) is 6.92 Å². The van der Waals surface area contributed by atoms with Gasteiger partial charge in [-0.05, 0) is 19.1 Å². The van der Waals surface area contributed by atoms with Gasteiger partial charge in [0, 0.05) is 47.7 Å². The van der Waals surface area contributed by atoms with E-state index in [0.717, 1.165) is 36.1 Å². The summed E-state index contributed by atoms with van der Waals surface area (Å²) in [6, 6.07) is 5.59. The van der Waals surface area contributed by atoms with Crippen LogP contribution in [0.3, 0.4) is 0 Å². The Balaban J connectivity index is 1.96. The third-order valence-electron chi connectivity index (χ3n) is 3.51. The lowest BCUT2D eigenvalue weighted by molar-refractivity contribution is 0.112. The first-order valence-corrected chi connectivity index (χ1v) is 6.78. The molecule has 0 fully saturated rings. The number of hydrogen-bond donors (Lipinski definition) is 0. The Labute approximate surface area is 121 Å². The largest absolute Gasteiger partial charge is 0.345 e. The molecule has 0 spiro atoms. The highest BCUT2D eigenvalue weighted by Gasteiger charge is 2.08. The molecule has 2 heterocycles. The second-order valence-electron chi connectivity index (χ2n) is 4.73. The van der Waals surface area contributed by atoms with E-state index in [9.17, 15) is 4.79 Å². The minimum absolute atomic E-state index is 0.674. The fourth-order valence-corrected chi connectivity index (χ4v) is 2.59. The van der Waals surface area contributed by atoms with Crippen LogP contribution in [0.15, 0.2) is 36.8 Å². The number of benzene rings is 1. The maximum atomic E-state index is 11.1. The first kappa shape index (κ1) is 12.9. The normalized spacial score (nSPS) is 11.1. The van der Waals surface area contributed by atoms with Crippen molar-refractivity contribution < 1.29 is 4.79 Å². The average molecular weight is 288 g/mol. The van der Waals surface area contributed by atoms with Crippen LogP contribution >= 0.6 is 11.6 Å². The summed E-state index contributed by atoms with van der Waals surface area (Å²) in [5.74, 6) is 0.982. The Bertz CT molecular complexity index is 773. The zero-order chi connectivity index (χ0) is 14.1. The van der Waals surface area contributed by atoms with Gasteiger partial charge < -0.3 is 9.13 Å². The summed E-state index contributed by atoms with van der Waals surface area (Å²) in [4.78, 5) is 15.3. The molecular weight excluding hydrogens is 274 g/mol. The number of rotatable bonds is 4. The van der Waals surface area contributed by atoms with E-state index < -0.39 is 0 Å². The Kier molecular flexibility index (Phi) is 3.32. The van der Waals surface area contributed by atoms with Gasteiger partial charge in [-0.25, -0.2) is 4.98 Å². The molecule has 4 nitrogen and oxygen atoms in total. The van der Waals surface area contributed by atoms with Gasteiger partial charge in [-0.1, -0.05) is 17.7 Å². The summed E-state index contributed by atoms with van der Waals surface area (Å²) in [6.07, 6.45) is 6.50. The third kappa shape index (κ3) is 2.23. The van der Waals surface area contributed by atoms with E-state index in [2.05, 4.69) is 14.1 Å². The van der Waals surface area contributed by atoms with E-state index in [1.165, 1.54) is 0 Å². The molecule has 0 atom stereocenters. The van der Waals surface area contributed by atoms with Crippen LogP contribution < -0.4 is 0 Å². The van der Waals surface area contributed by atoms with Crippen molar-refractivity contribution in [2.75, 3.05) is 0 Å². The number of aldehydes is 1. The van der Waals surface area contributed by atoms with Gasteiger partial charge in [-0.3, -0.25) is 4.79 Å². The van der Waals surface area contributed by atoms with Crippen molar-refractivity contribution in [2.45, 2.75) is 20.0 Å². The first-order valence-electron chi connectivity index (χ1n) is 6.40. The molecule has 0 N–H and O–H groups in total. The molecule has 3 rings (SSSR count). The highest BCUT2D eigenvalue weighted by molar-refractivity contribution is 6.31. The van der Waals surface area contributed by atoms with E-state index in [1.807, 2.05) is 31.5 Å². The molecule has 5 heteroatoms. The first-order chi connectivity index (χ1) is 9.69. The van der Waals surface area contributed by atoms with Crippen LogP contribution in [0.4, 0.5) is 0 Å². The van der Waals surface area contributed by atoms with Crippen molar-refractivity contribution in [2.24, 2.45) is 0 Å². The quantitative estimate of drug-likeness (QED) is 0.691. The average Bonchev–Trinajstić information content (AvgIpc) is 3.00. The maximum absolute atomic E-state index is 11.1. The number of aromatic nitrogens is 3. The van der Waals surface area contributed by atoms with Crippen molar-refractivity contribution in [1.82, 2.24) is 14.1 Å². The zero-order valence-corrected chi connectivity index (χ0v) is 11.8. The molecule has 0 saturated carbocycles. The molecule has 0 saturated heterocycles. The molecule has 3 aromatic rings. The SMILES string of the molecule is Cc1nccn1CCn1cc(C=O)c2ccc(Cl)cc21. The summed E-state index contributed by atoms with van der Waals surface area (Å²) in [5.41, 5.74) is 1.68. The zero-order valence-electron chi connectivity index (χ0n) is 11.1. The highest BCUT2D eigenvalue weighted by atomic mass is 35.5. The van der Waals surface area contributed by atoms with Crippen molar-refractivity contribution in [3.8, 4) is 0 Å². The van der Waals surface area contributed by atoms with Gasteiger partial charge in [-0.15, -0.1) is 0 Å². The fourth-order valence-electron chi connectivity index (χ4n) is 2.43. The molecule has 0 aliphatic rings. The molecule has 1 aromatic carbocycles. The van der Waals surface area contributed by atoms with Crippen molar-refractivity contribution in [1.29, 1.82) is 0 Å². The van der Waals surface area contributed by atoms with E-state index in [4.69, 9.17) is 11.6 Å². The van der Waals surface area contributed by atoms with Crippen LogP contribution in [0.25, 0.3) is 10.9 Å². The molecule has 0 unspecified atom stereocenters. The second-order valence-corrected chi connectivity index (χ2v) is 5.16. The lowest BCUT2D eigenvalue weighted by Gasteiger charge is -2.08. The van der Waals surface area contributed by atoms with Crippen LogP contribution in [0.2, 0.25) is 5.02 Å². The van der Waals surface area contributed by atoms with Crippen molar-refractivity contribution >= 4 is 28.8 Å². The van der Waals surface area contributed by atoms with Crippen LogP contribution in [-0.2, 0) is 13.1 Å². The standard InChI is InChI=1S/C15H14ClN3O/c1-11-17-4-5-18(11)6-7-19-9-12(10-20)14-3-2-13(16)8-15(14)19/h2-5,8-10H,6-7H2,1H3. The van der Waals surface area contributed by atoms with E-state index in [1.54, 1.807) is 12.3 Å². The lowest BCUT2D eigenvalue weighted by Crippen LogP contribution is -2.07. The van der Waals surface area contributed by atoms with Gasteiger partial charge in [0.05, 0.1) is 5.52 Å². The minimum Gasteiger partial charge on any atom is -0.345 e. The highest BCUT2D eigenvalue weighted by Crippen LogP contribution is 2.24. The van der Waals surface area contributed by atoms with Crippen molar-refractivity contribution in [3.05, 3.63) is 53.2 Å². The molecule has 20 heavy (non-hydrogen) atoms. The number of carbonyl (C=O) groups excluding carboxylic acids is 1. The molecule has 0 radical (unpaired) electrons. The summed E-state index contributed by atoms with van der Waals surface area (Å²) >= 11 is 6.05. The van der Waals surface area contributed by atoms with Crippen LogP contribution in [0.5, 0.6) is 0 Å². The smallest absolute Gasteiger partial charge is 0.152 e. The number of hydrogen-bond acceptors (Lipinski definition) is 2.